The van der Waals surface area contributed by atoms with Gasteiger partial charge in [0, 0.05) is 11.9 Å². The van der Waals surface area contributed by atoms with Crippen molar-refractivity contribution >= 4 is 33.8 Å². The monoisotopic (exact) mass is 285 g/mol. The van der Waals surface area contributed by atoms with E-state index in [0.717, 1.165) is 17.6 Å². The molecule has 0 amide bonds. The summed E-state index contributed by atoms with van der Waals surface area (Å²) in [4.78, 5) is 0. The van der Waals surface area contributed by atoms with E-state index < -0.39 is 0 Å². The van der Waals surface area contributed by atoms with Crippen LogP contribution < -0.4 is 0 Å². The summed E-state index contributed by atoms with van der Waals surface area (Å²) in [6.07, 6.45) is 1.03. The molecule has 1 nitrogen and oxygen atoms in total. The van der Waals surface area contributed by atoms with Crippen LogP contribution in [0.3, 0.4) is 0 Å². The first-order valence-electron chi connectivity index (χ1n) is 6.38. The number of nitrogens with zero attached hydrogens (tertiary/aromatic N) is 1. The lowest BCUT2D eigenvalue weighted by Crippen LogP contribution is -1.97. The van der Waals surface area contributed by atoms with Gasteiger partial charge in [0.05, 0.1) is 4.70 Å². The predicted octanol–water partition coefficient (Wildman–Crippen LogP) is 4.98. The number of fused-ring (bicyclic) bond motifs is 1. The minimum absolute atomic E-state index is 0.960. The maximum absolute atomic E-state index is 5.54. The second-order valence-electron chi connectivity index (χ2n) is 4.73. The minimum Gasteiger partial charge on any atom is -0.287 e. The molecule has 0 bridgehead atoms. The van der Waals surface area contributed by atoms with Crippen molar-refractivity contribution in [1.82, 2.24) is 3.96 Å². The molecule has 19 heavy (non-hydrogen) atoms. The molecule has 3 rings (SSSR count). The van der Waals surface area contributed by atoms with Crippen LogP contribution in [-0.2, 0) is 13.0 Å². The molecular weight excluding hydrogens is 270 g/mol. The Morgan fingerprint density at radius 2 is 1.79 bits per heavy atom. The zero-order chi connectivity index (χ0) is 13.2. The molecule has 0 spiro atoms. The maximum atomic E-state index is 5.54. The third-order valence-corrected chi connectivity index (χ3v) is 4.97. The highest BCUT2D eigenvalue weighted by molar-refractivity contribution is 7.71. The number of hydrogen-bond acceptors (Lipinski definition) is 2. The summed E-state index contributed by atoms with van der Waals surface area (Å²) in [6, 6.07) is 17.1. The third-order valence-electron chi connectivity index (χ3n) is 3.28. The molecule has 0 unspecified atom stereocenters. The van der Waals surface area contributed by atoms with E-state index in [4.69, 9.17) is 12.2 Å². The SMILES string of the molecule is Cc1ccc(CCn2sc3ccccc3c2=S)cc1. The molecule has 0 saturated carbocycles. The first kappa shape index (κ1) is 12.6. The zero-order valence-corrected chi connectivity index (χ0v) is 12.4. The molecule has 96 valence electrons. The first-order valence-corrected chi connectivity index (χ1v) is 7.56. The predicted molar refractivity (Wildman–Crippen MR) is 85.5 cm³/mol. The summed E-state index contributed by atoms with van der Waals surface area (Å²) in [5.74, 6) is 0. The Bertz CT molecular complexity index is 750. The lowest BCUT2D eigenvalue weighted by molar-refractivity contribution is 0.748. The van der Waals surface area contributed by atoms with Gasteiger partial charge in [-0.05, 0) is 25.0 Å². The average molecular weight is 285 g/mol. The van der Waals surface area contributed by atoms with Crippen molar-refractivity contribution in [3.8, 4) is 0 Å². The standard InChI is InChI=1S/C16H15NS2/c1-12-6-8-13(9-7-12)10-11-17-16(18)14-4-2-3-5-15(14)19-17/h2-9H,10-11H2,1H3. The molecule has 0 saturated heterocycles. The van der Waals surface area contributed by atoms with Gasteiger partial charge in [-0.3, -0.25) is 3.96 Å². The number of rotatable bonds is 3. The average Bonchev–Trinajstić information content (AvgIpc) is 2.76. The molecule has 1 heterocycles. The topological polar surface area (TPSA) is 4.93 Å². The third kappa shape index (κ3) is 2.62. The van der Waals surface area contributed by atoms with Crippen LogP contribution in [0.15, 0.2) is 48.5 Å². The lowest BCUT2D eigenvalue weighted by Gasteiger charge is -2.03. The van der Waals surface area contributed by atoms with E-state index in [-0.39, 0.29) is 0 Å². The van der Waals surface area contributed by atoms with Crippen LogP contribution in [0.25, 0.3) is 10.1 Å². The molecule has 0 fully saturated rings. The van der Waals surface area contributed by atoms with Crippen molar-refractivity contribution in [3.63, 3.8) is 0 Å². The van der Waals surface area contributed by atoms with Crippen molar-refractivity contribution in [1.29, 1.82) is 0 Å². The fraction of sp³-hybridized carbons (Fsp3) is 0.188. The zero-order valence-electron chi connectivity index (χ0n) is 10.8. The van der Waals surface area contributed by atoms with Gasteiger partial charge in [0.2, 0.25) is 0 Å². The van der Waals surface area contributed by atoms with Gasteiger partial charge in [-0.2, -0.15) is 0 Å². The molecule has 0 radical (unpaired) electrons. The highest BCUT2D eigenvalue weighted by Gasteiger charge is 2.03. The maximum Gasteiger partial charge on any atom is 0.123 e. The van der Waals surface area contributed by atoms with E-state index in [2.05, 4.69) is 59.4 Å². The molecule has 0 aliphatic rings. The smallest absolute Gasteiger partial charge is 0.123 e. The Balaban J connectivity index is 1.84. The fourth-order valence-electron chi connectivity index (χ4n) is 2.15. The van der Waals surface area contributed by atoms with Gasteiger partial charge >= 0.3 is 0 Å². The van der Waals surface area contributed by atoms with E-state index in [9.17, 15) is 0 Å². The van der Waals surface area contributed by atoms with Crippen LogP contribution in [0, 0.1) is 11.6 Å². The molecule has 0 aliphatic heterocycles. The van der Waals surface area contributed by atoms with Gasteiger partial charge in [-0.25, -0.2) is 0 Å². The van der Waals surface area contributed by atoms with Gasteiger partial charge in [-0.1, -0.05) is 71.8 Å². The largest absolute Gasteiger partial charge is 0.287 e. The number of benzene rings is 2. The first-order chi connectivity index (χ1) is 9.24. The van der Waals surface area contributed by atoms with Gasteiger partial charge in [-0.15, -0.1) is 0 Å². The van der Waals surface area contributed by atoms with Gasteiger partial charge < -0.3 is 0 Å². The van der Waals surface area contributed by atoms with E-state index in [1.807, 2.05) is 0 Å². The van der Waals surface area contributed by atoms with Crippen LogP contribution >= 0.6 is 23.8 Å². The summed E-state index contributed by atoms with van der Waals surface area (Å²) < 4.78 is 4.46. The normalized spacial score (nSPS) is 11.0. The summed E-state index contributed by atoms with van der Waals surface area (Å²) in [6.45, 7) is 3.08. The Hall–Kier alpha value is -1.45. The summed E-state index contributed by atoms with van der Waals surface area (Å²) in [7, 11) is 0. The van der Waals surface area contributed by atoms with Gasteiger partial charge in [0.15, 0.2) is 0 Å². The Kier molecular flexibility index (Phi) is 3.49. The fourth-order valence-corrected chi connectivity index (χ4v) is 3.60. The highest BCUT2D eigenvalue weighted by Crippen LogP contribution is 2.23. The van der Waals surface area contributed by atoms with Crippen molar-refractivity contribution in [2.45, 2.75) is 19.9 Å². The van der Waals surface area contributed by atoms with Crippen LogP contribution in [0.4, 0.5) is 0 Å². The van der Waals surface area contributed by atoms with Crippen molar-refractivity contribution in [2.75, 3.05) is 0 Å². The van der Waals surface area contributed by atoms with Crippen LogP contribution in [0.5, 0.6) is 0 Å². The molecule has 0 atom stereocenters. The van der Waals surface area contributed by atoms with Crippen LogP contribution in [0.2, 0.25) is 0 Å². The highest BCUT2D eigenvalue weighted by atomic mass is 32.1. The quantitative estimate of drug-likeness (QED) is 0.614. The summed E-state index contributed by atoms with van der Waals surface area (Å²) in [5, 5.41) is 1.20. The molecule has 3 heteroatoms. The second-order valence-corrected chi connectivity index (χ2v) is 6.18. The lowest BCUT2D eigenvalue weighted by atomic mass is 10.1. The van der Waals surface area contributed by atoms with Crippen LogP contribution in [-0.4, -0.2) is 3.96 Å². The molecule has 1 aromatic heterocycles. The molecule has 3 aromatic rings. The Morgan fingerprint density at radius 1 is 1.05 bits per heavy atom. The Labute approximate surface area is 122 Å². The van der Waals surface area contributed by atoms with Crippen molar-refractivity contribution in [3.05, 3.63) is 64.3 Å². The van der Waals surface area contributed by atoms with E-state index >= 15 is 0 Å². The molecule has 0 aliphatic carbocycles. The van der Waals surface area contributed by atoms with E-state index in [1.54, 1.807) is 11.5 Å². The van der Waals surface area contributed by atoms with E-state index in [1.165, 1.54) is 21.2 Å². The number of hydrogen-bond donors (Lipinski definition) is 0. The molecule has 2 aromatic carbocycles. The molecular formula is C16H15NS2. The van der Waals surface area contributed by atoms with Crippen molar-refractivity contribution < 1.29 is 0 Å². The minimum atomic E-state index is 0.960. The van der Waals surface area contributed by atoms with Gasteiger partial charge in [0.1, 0.15) is 4.64 Å². The second kappa shape index (κ2) is 5.27. The summed E-state index contributed by atoms with van der Waals surface area (Å²) >= 11 is 7.30. The summed E-state index contributed by atoms with van der Waals surface area (Å²) in [5.41, 5.74) is 2.67. The van der Waals surface area contributed by atoms with Crippen molar-refractivity contribution in [2.24, 2.45) is 0 Å². The number of aryl methyl sites for hydroxylation is 3. The van der Waals surface area contributed by atoms with Crippen LogP contribution in [0.1, 0.15) is 11.1 Å². The van der Waals surface area contributed by atoms with Gasteiger partial charge in [0.25, 0.3) is 0 Å². The number of aromatic nitrogens is 1. The Morgan fingerprint density at radius 3 is 2.53 bits per heavy atom. The van der Waals surface area contributed by atoms with E-state index in [0.29, 0.717) is 0 Å². The molecule has 0 N–H and O–H groups in total.